The summed E-state index contributed by atoms with van der Waals surface area (Å²) in [4.78, 5) is 33.5. The van der Waals surface area contributed by atoms with Crippen LogP contribution in [0.2, 0.25) is 5.02 Å². The molecule has 0 radical (unpaired) electrons. The number of halogens is 1. The zero-order valence-corrected chi connectivity index (χ0v) is 20.3. The molecule has 1 saturated carbocycles. The molecule has 3 aliphatic rings. The monoisotopic (exact) mass is 489 g/mol. The molecule has 0 saturated heterocycles. The number of pyridine rings is 1. The predicted molar refractivity (Wildman–Crippen MR) is 128 cm³/mol. The van der Waals surface area contributed by atoms with E-state index >= 15 is 0 Å². The smallest absolute Gasteiger partial charge is 0.233 e. The summed E-state index contributed by atoms with van der Waals surface area (Å²) in [6, 6.07) is 12.8. The Morgan fingerprint density at radius 2 is 2.03 bits per heavy atom. The van der Waals surface area contributed by atoms with Crippen molar-refractivity contribution in [1.82, 2.24) is 9.88 Å². The fourth-order valence-electron chi connectivity index (χ4n) is 5.99. The Labute approximate surface area is 208 Å². The highest BCUT2D eigenvalue weighted by Crippen LogP contribution is 2.69. The Morgan fingerprint density at radius 3 is 2.63 bits per heavy atom. The molecule has 1 aromatic carbocycles. The van der Waals surface area contributed by atoms with E-state index in [0.717, 1.165) is 0 Å². The van der Waals surface area contributed by atoms with Crippen LogP contribution < -0.4 is 4.74 Å². The third kappa shape index (κ3) is 2.90. The maximum absolute atomic E-state index is 14.3. The molecule has 8 heteroatoms. The fourth-order valence-corrected chi connectivity index (χ4v) is 6.14. The number of carbonyl (C=O) groups is 2. The lowest BCUT2D eigenvalue weighted by Gasteiger charge is -2.50. The summed E-state index contributed by atoms with van der Waals surface area (Å²) in [5, 5.41) is 22.2. The van der Waals surface area contributed by atoms with E-state index in [9.17, 15) is 20.0 Å². The van der Waals surface area contributed by atoms with Gasteiger partial charge in [-0.05, 0) is 18.1 Å². The summed E-state index contributed by atoms with van der Waals surface area (Å²) in [5.41, 5.74) is -3.66. The zero-order chi connectivity index (χ0) is 25.2. The van der Waals surface area contributed by atoms with Crippen LogP contribution in [0.3, 0.4) is 0 Å². The second-order valence-electron chi connectivity index (χ2n) is 9.74. The number of fused-ring (bicyclic) bond motifs is 3. The number of carbonyl (C=O) groups excluding carboxylic acids is 2. The number of rotatable bonds is 3. The van der Waals surface area contributed by atoms with Crippen molar-refractivity contribution in [3.63, 3.8) is 0 Å². The van der Waals surface area contributed by atoms with E-state index in [4.69, 9.17) is 16.3 Å². The molecule has 0 bridgehead atoms. The highest BCUT2D eigenvalue weighted by Gasteiger charge is 2.82. The lowest BCUT2D eigenvalue weighted by molar-refractivity contribution is -0.169. The van der Waals surface area contributed by atoms with Crippen LogP contribution in [0.1, 0.15) is 30.5 Å². The van der Waals surface area contributed by atoms with Crippen LogP contribution in [0.15, 0.2) is 66.4 Å². The van der Waals surface area contributed by atoms with E-state index < -0.39 is 40.1 Å². The fraction of sp³-hybridized carbons (Fsp3) is 0.333. The minimum absolute atomic E-state index is 0.0478. The molecule has 2 aliphatic carbocycles. The number of aliphatic hydroxyl groups is 1. The van der Waals surface area contributed by atoms with E-state index in [1.54, 1.807) is 32.3 Å². The number of aromatic nitrogens is 1. The number of nitriles is 1. The number of ketones is 1. The summed E-state index contributed by atoms with van der Waals surface area (Å²) in [6.07, 6.45) is 6.89. The van der Waals surface area contributed by atoms with Crippen molar-refractivity contribution in [3.05, 3.63) is 82.7 Å². The van der Waals surface area contributed by atoms with Crippen molar-refractivity contribution >= 4 is 23.3 Å². The van der Waals surface area contributed by atoms with Gasteiger partial charge in [0.05, 0.1) is 11.1 Å². The summed E-state index contributed by atoms with van der Waals surface area (Å²) >= 11 is 6.21. The minimum atomic E-state index is -2.24. The molecule has 1 aromatic heterocycles. The second kappa shape index (κ2) is 7.77. The molecular weight excluding hydrogens is 466 g/mol. The van der Waals surface area contributed by atoms with E-state index in [-0.39, 0.29) is 11.4 Å². The number of ether oxygens (including phenoxy) is 1. The molecular formula is C27H24ClN3O4. The lowest BCUT2D eigenvalue weighted by Crippen LogP contribution is -2.62. The summed E-state index contributed by atoms with van der Waals surface area (Å²) in [7, 11) is 3.17. The maximum Gasteiger partial charge on any atom is 0.233 e. The number of allylic oxidation sites excluding steroid dienone is 3. The Morgan fingerprint density at radius 1 is 1.31 bits per heavy atom. The second-order valence-corrected chi connectivity index (χ2v) is 10.2. The number of hydrogen-bond donors (Lipinski definition) is 1. The van der Waals surface area contributed by atoms with Crippen molar-refractivity contribution in [2.45, 2.75) is 30.5 Å². The molecule has 1 amide bonds. The Kier molecular flexibility index (Phi) is 5.17. The largest absolute Gasteiger partial charge is 0.480 e. The molecule has 1 unspecified atom stereocenters. The van der Waals surface area contributed by atoms with Crippen molar-refractivity contribution < 1.29 is 19.4 Å². The Hall–Kier alpha value is -3.47. The van der Waals surface area contributed by atoms with Gasteiger partial charge in [0.15, 0.2) is 11.4 Å². The molecule has 5 rings (SSSR count). The van der Waals surface area contributed by atoms with Crippen molar-refractivity contribution in [3.8, 4) is 11.8 Å². The van der Waals surface area contributed by atoms with E-state index in [0.29, 0.717) is 22.6 Å². The van der Waals surface area contributed by atoms with Gasteiger partial charge in [-0.1, -0.05) is 61.0 Å². The first-order chi connectivity index (χ1) is 16.6. The van der Waals surface area contributed by atoms with Crippen LogP contribution in [0.5, 0.6) is 5.75 Å². The van der Waals surface area contributed by atoms with Crippen LogP contribution in [0, 0.1) is 22.7 Å². The third-order valence-electron chi connectivity index (χ3n) is 7.60. The van der Waals surface area contributed by atoms with Crippen LogP contribution >= 0.6 is 11.6 Å². The molecule has 1 N–H and O–H groups in total. The molecule has 2 heterocycles. The van der Waals surface area contributed by atoms with Crippen LogP contribution in [-0.4, -0.2) is 46.4 Å². The van der Waals surface area contributed by atoms with Crippen LogP contribution in [-0.2, 0) is 15.2 Å². The van der Waals surface area contributed by atoms with Crippen molar-refractivity contribution in [1.29, 1.82) is 5.26 Å². The normalized spacial score (nSPS) is 32.8. The Bertz CT molecular complexity index is 1350. The highest BCUT2D eigenvalue weighted by atomic mass is 35.5. The zero-order valence-electron chi connectivity index (χ0n) is 19.5. The minimum Gasteiger partial charge on any atom is -0.480 e. The number of hydrogen-bond acceptors (Lipinski definition) is 6. The van der Waals surface area contributed by atoms with Gasteiger partial charge < -0.3 is 14.7 Å². The quantitative estimate of drug-likeness (QED) is 0.661. The SMILES string of the molecule is CN(C)C(=O)[C@H]1C(=O)[C@@]2(O)c3ncc(Cl)cc3O[C@@]2(C2(C)C=CC(C#N)=CC2)[C@@H]1c1ccccc1. The van der Waals surface area contributed by atoms with E-state index in [1.165, 1.54) is 17.2 Å². The van der Waals surface area contributed by atoms with Gasteiger partial charge in [-0.2, -0.15) is 5.26 Å². The number of amides is 1. The average Bonchev–Trinajstić information content (AvgIpc) is 3.22. The van der Waals surface area contributed by atoms with Crippen molar-refractivity contribution in [2.75, 3.05) is 14.1 Å². The van der Waals surface area contributed by atoms with Crippen LogP contribution in [0.4, 0.5) is 0 Å². The van der Waals surface area contributed by atoms with E-state index in [1.807, 2.05) is 37.3 Å². The van der Waals surface area contributed by atoms with Gasteiger partial charge in [0.1, 0.15) is 17.4 Å². The standard InChI is InChI=1S/C27H24ClN3O4/c1-25(11-9-16(14-29)10-12-25)27-21(17-7-5-4-6-8-17)20(24(33)31(2)3)23(32)26(27,34)22-19(35-27)13-18(28)15-30-22/h4-11,13,15,20-21,34H,12H2,1-3H3/t20-,21-,25?,26+,27-/m1/s1. The lowest BCUT2D eigenvalue weighted by atomic mass is 9.58. The molecule has 5 atom stereocenters. The molecule has 0 spiro atoms. The van der Waals surface area contributed by atoms with Crippen molar-refractivity contribution in [2.24, 2.45) is 11.3 Å². The van der Waals surface area contributed by atoms with Crippen LogP contribution in [0.25, 0.3) is 0 Å². The van der Waals surface area contributed by atoms with Gasteiger partial charge in [0.25, 0.3) is 0 Å². The topological polar surface area (TPSA) is 104 Å². The summed E-state index contributed by atoms with van der Waals surface area (Å²) in [5.74, 6) is -2.95. The summed E-state index contributed by atoms with van der Waals surface area (Å²) < 4.78 is 6.66. The number of nitrogens with zero attached hydrogens (tertiary/aromatic N) is 3. The molecule has 1 fully saturated rings. The number of Topliss-reactive ketones (excluding diaryl/α,β-unsaturated/α-hetero) is 1. The molecule has 178 valence electrons. The predicted octanol–water partition coefficient (Wildman–Crippen LogP) is 3.54. The molecule has 2 aromatic rings. The molecule has 7 nitrogen and oxygen atoms in total. The van der Waals surface area contributed by atoms with Gasteiger partial charge in [-0.15, -0.1) is 0 Å². The molecule has 35 heavy (non-hydrogen) atoms. The van der Waals surface area contributed by atoms with Gasteiger partial charge >= 0.3 is 0 Å². The first-order valence-electron chi connectivity index (χ1n) is 11.3. The number of benzene rings is 1. The van der Waals surface area contributed by atoms with E-state index in [2.05, 4.69) is 11.1 Å². The summed E-state index contributed by atoms with van der Waals surface area (Å²) in [6.45, 7) is 1.87. The van der Waals surface area contributed by atoms with Gasteiger partial charge in [0, 0.05) is 43.3 Å². The third-order valence-corrected chi connectivity index (χ3v) is 7.81. The molecule has 1 aliphatic heterocycles. The van der Waals surface area contributed by atoms with Gasteiger partial charge in [0.2, 0.25) is 11.5 Å². The average molecular weight is 490 g/mol. The van der Waals surface area contributed by atoms with Gasteiger partial charge in [-0.25, -0.2) is 0 Å². The Balaban J connectivity index is 1.86. The first kappa shape index (κ1) is 23.3. The maximum atomic E-state index is 14.3. The first-order valence-corrected chi connectivity index (χ1v) is 11.7. The highest BCUT2D eigenvalue weighted by molar-refractivity contribution is 6.30. The van der Waals surface area contributed by atoms with Gasteiger partial charge in [-0.3, -0.25) is 14.6 Å².